The number of rotatable bonds is 5. The molecule has 3 aromatic rings. The number of fused-ring (bicyclic) bond motifs is 1. The Morgan fingerprint density at radius 2 is 2.00 bits per heavy atom. The molecule has 2 heterocycles. The van der Waals surface area contributed by atoms with Crippen LogP contribution >= 0.6 is 11.6 Å². The first-order chi connectivity index (χ1) is 13.1. The molecule has 1 aromatic heterocycles. The lowest BCUT2D eigenvalue weighted by Gasteiger charge is -2.24. The largest absolute Gasteiger partial charge is 0.425 e. The summed E-state index contributed by atoms with van der Waals surface area (Å²) >= 11 is 5.99. The average molecular weight is 388 g/mol. The first kappa shape index (κ1) is 17.8. The van der Waals surface area contributed by atoms with Crippen LogP contribution in [-0.4, -0.2) is 23.3 Å². The molecule has 0 spiro atoms. The maximum Gasteiger partial charge on any atom is 0.304 e. The molecule has 5 nitrogen and oxygen atoms in total. The number of anilines is 1. The molecule has 0 N–H and O–H groups in total. The van der Waals surface area contributed by atoms with Gasteiger partial charge in [-0.15, -0.1) is 0 Å². The van der Waals surface area contributed by atoms with Gasteiger partial charge >= 0.3 is 6.01 Å². The maximum absolute atomic E-state index is 13.0. The van der Waals surface area contributed by atoms with Gasteiger partial charge in [0.05, 0.1) is 18.8 Å². The van der Waals surface area contributed by atoms with Gasteiger partial charge in [-0.2, -0.15) is 4.98 Å². The monoisotopic (exact) mass is 387 g/mol. The lowest BCUT2D eigenvalue weighted by atomic mass is 10.2. The number of hydrogen-bond donors (Lipinski definition) is 0. The highest BCUT2D eigenvalue weighted by molar-refractivity contribution is 6.30. The summed E-state index contributed by atoms with van der Waals surface area (Å²) in [4.78, 5) is 6.60. The van der Waals surface area contributed by atoms with Crippen molar-refractivity contribution < 1.29 is 13.9 Å². The van der Waals surface area contributed by atoms with E-state index in [0.29, 0.717) is 42.2 Å². The van der Waals surface area contributed by atoms with Gasteiger partial charge in [-0.3, -0.25) is 4.57 Å². The first-order valence-electron chi connectivity index (χ1n) is 8.59. The maximum atomic E-state index is 13.0. The molecule has 140 valence electrons. The van der Waals surface area contributed by atoms with Gasteiger partial charge in [-0.25, -0.2) is 4.39 Å². The van der Waals surface area contributed by atoms with Gasteiger partial charge in [-0.1, -0.05) is 35.9 Å². The van der Waals surface area contributed by atoms with Crippen LogP contribution in [0.4, 0.5) is 10.2 Å². The van der Waals surface area contributed by atoms with Crippen LogP contribution in [0, 0.1) is 0 Å². The van der Waals surface area contributed by atoms with Crippen LogP contribution in [0.3, 0.4) is 0 Å². The van der Waals surface area contributed by atoms with E-state index < -0.39 is 6.67 Å². The summed E-state index contributed by atoms with van der Waals surface area (Å²) in [6, 6.07) is 15.1. The quantitative estimate of drug-likeness (QED) is 0.632. The Hall–Kier alpha value is -2.57. The van der Waals surface area contributed by atoms with Crippen LogP contribution in [0.5, 0.6) is 11.8 Å². The Kier molecular flexibility index (Phi) is 5.01. The fourth-order valence-corrected chi connectivity index (χ4v) is 3.18. The summed E-state index contributed by atoms with van der Waals surface area (Å²) in [7, 11) is 1.92. The number of halogens is 2. The van der Waals surface area contributed by atoms with Crippen LogP contribution in [0.25, 0.3) is 0 Å². The third-order valence-electron chi connectivity index (χ3n) is 4.42. The van der Waals surface area contributed by atoms with Crippen molar-refractivity contribution in [3.8, 4) is 11.8 Å². The van der Waals surface area contributed by atoms with Crippen LogP contribution in [0.15, 0.2) is 48.5 Å². The third-order valence-corrected chi connectivity index (χ3v) is 4.67. The highest BCUT2D eigenvalue weighted by Gasteiger charge is 2.25. The molecule has 27 heavy (non-hydrogen) atoms. The van der Waals surface area contributed by atoms with Crippen molar-refractivity contribution in [3.05, 3.63) is 70.4 Å². The molecule has 0 fully saturated rings. The standard InChI is InChI=1S/C20H19ClFN3O2/c1-24-13-26-12-18-19(24)23-20(27-17-4-2-3-15(9-17)10-22)25(18)11-14-5-7-16(21)8-6-14/h2-9H,10-13H2,1H3. The zero-order valence-electron chi connectivity index (χ0n) is 14.9. The molecule has 1 aliphatic heterocycles. The van der Waals surface area contributed by atoms with Gasteiger partial charge < -0.3 is 14.4 Å². The zero-order chi connectivity index (χ0) is 18.8. The van der Waals surface area contributed by atoms with E-state index in [9.17, 15) is 4.39 Å². The van der Waals surface area contributed by atoms with E-state index in [1.165, 1.54) is 0 Å². The van der Waals surface area contributed by atoms with Gasteiger partial charge in [0, 0.05) is 12.1 Å². The predicted molar refractivity (Wildman–Crippen MR) is 102 cm³/mol. The van der Waals surface area contributed by atoms with Crippen molar-refractivity contribution in [2.24, 2.45) is 0 Å². The second kappa shape index (κ2) is 7.58. The highest BCUT2D eigenvalue weighted by atomic mass is 35.5. The molecule has 0 bridgehead atoms. The van der Waals surface area contributed by atoms with Crippen molar-refractivity contribution in [1.29, 1.82) is 0 Å². The number of benzene rings is 2. The van der Waals surface area contributed by atoms with E-state index in [4.69, 9.17) is 21.1 Å². The van der Waals surface area contributed by atoms with Crippen LogP contribution < -0.4 is 9.64 Å². The second-order valence-electron chi connectivity index (χ2n) is 6.44. The van der Waals surface area contributed by atoms with Crippen molar-refractivity contribution in [2.45, 2.75) is 19.8 Å². The average Bonchev–Trinajstić information content (AvgIpc) is 3.02. The SMILES string of the molecule is CN1COCc2c1nc(Oc1cccc(CF)c1)n2Cc1ccc(Cl)cc1. The molecule has 7 heteroatoms. The molecule has 1 aliphatic rings. The molecule has 0 atom stereocenters. The van der Waals surface area contributed by atoms with Crippen LogP contribution in [0.2, 0.25) is 5.02 Å². The lowest BCUT2D eigenvalue weighted by Crippen LogP contribution is -2.27. The molecular formula is C20H19ClFN3O2. The summed E-state index contributed by atoms with van der Waals surface area (Å²) in [6.07, 6.45) is 0. The molecule has 0 saturated heterocycles. The first-order valence-corrected chi connectivity index (χ1v) is 8.97. The van der Waals surface area contributed by atoms with E-state index in [0.717, 1.165) is 17.1 Å². The van der Waals surface area contributed by atoms with Crippen molar-refractivity contribution in [1.82, 2.24) is 9.55 Å². The third kappa shape index (κ3) is 3.77. The number of aromatic nitrogens is 2. The predicted octanol–water partition coefficient (Wildman–Crippen LogP) is 4.77. The Balaban J connectivity index is 1.72. The van der Waals surface area contributed by atoms with E-state index >= 15 is 0 Å². The van der Waals surface area contributed by atoms with Crippen molar-refractivity contribution >= 4 is 17.4 Å². The van der Waals surface area contributed by atoms with E-state index in [1.807, 2.05) is 40.8 Å². The summed E-state index contributed by atoms with van der Waals surface area (Å²) in [6.45, 7) is 0.953. The number of alkyl halides is 1. The Labute approximate surface area is 161 Å². The number of nitrogens with zero attached hydrogens (tertiary/aromatic N) is 3. The number of imidazole rings is 1. The minimum atomic E-state index is -0.538. The summed E-state index contributed by atoms with van der Waals surface area (Å²) < 4.78 is 26.6. The Morgan fingerprint density at radius 3 is 2.78 bits per heavy atom. The molecule has 0 amide bonds. The molecule has 0 saturated carbocycles. The molecule has 0 aliphatic carbocycles. The molecule has 4 rings (SSSR count). The van der Waals surface area contributed by atoms with Gasteiger partial charge in [-0.05, 0) is 35.4 Å². The Morgan fingerprint density at radius 1 is 1.19 bits per heavy atom. The van der Waals surface area contributed by atoms with Crippen LogP contribution in [-0.2, 0) is 24.6 Å². The number of hydrogen-bond acceptors (Lipinski definition) is 4. The second-order valence-corrected chi connectivity index (χ2v) is 6.87. The van der Waals surface area contributed by atoms with E-state index in [1.54, 1.807) is 24.3 Å². The normalized spacial score (nSPS) is 13.5. The fraction of sp³-hybridized carbons (Fsp3) is 0.250. The van der Waals surface area contributed by atoms with Gasteiger partial charge in [0.1, 0.15) is 19.2 Å². The van der Waals surface area contributed by atoms with Gasteiger partial charge in [0.15, 0.2) is 5.82 Å². The van der Waals surface area contributed by atoms with E-state index in [2.05, 4.69) is 4.98 Å². The summed E-state index contributed by atoms with van der Waals surface area (Å²) in [5, 5.41) is 0.689. The summed E-state index contributed by atoms with van der Waals surface area (Å²) in [5.41, 5.74) is 2.57. The Bertz CT molecular complexity index is 943. The highest BCUT2D eigenvalue weighted by Crippen LogP contribution is 2.32. The summed E-state index contributed by atoms with van der Waals surface area (Å²) in [5.74, 6) is 1.38. The molecule has 2 aromatic carbocycles. The van der Waals surface area contributed by atoms with Crippen LogP contribution in [0.1, 0.15) is 16.8 Å². The minimum absolute atomic E-state index is 0.448. The minimum Gasteiger partial charge on any atom is -0.425 e. The fourth-order valence-electron chi connectivity index (χ4n) is 3.05. The van der Waals surface area contributed by atoms with Gasteiger partial charge in [0.25, 0.3) is 0 Å². The molecular weight excluding hydrogens is 369 g/mol. The van der Waals surface area contributed by atoms with Crippen molar-refractivity contribution in [3.63, 3.8) is 0 Å². The topological polar surface area (TPSA) is 39.5 Å². The number of ether oxygens (including phenoxy) is 2. The molecule has 0 unspecified atom stereocenters. The smallest absolute Gasteiger partial charge is 0.304 e. The van der Waals surface area contributed by atoms with E-state index in [-0.39, 0.29) is 0 Å². The lowest BCUT2D eigenvalue weighted by molar-refractivity contribution is 0.108. The van der Waals surface area contributed by atoms with Crippen molar-refractivity contribution in [2.75, 3.05) is 18.7 Å². The zero-order valence-corrected chi connectivity index (χ0v) is 15.6. The van der Waals surface area contributed by atoms with Gasteiger partial charge in [0.2, 0.25) is 0 Å². The molecule has 0 radical (unpaired) electrons.